The van der Waals surface area contributed by atoms with E-state index in [-0.39, 0.29) is 25.6 Å². The quantitative estimate of drug-likeness (QED) is 0.845. The van der Waals surface area contributed by atoms with Gasteiger partial charge in [-0.3, -0.25) is 9.69 Å². The van der Waals surface area contributed by atoms with E-state index in [9.17, 15) is 18.0 Å². The lowest BCUT2D eigenvalue weighted by atomic mass is 9.84. The molecule has 0 radical (unpaired) electrons. The Hall–Kier alpha value is -0.780. The Morgan fingerprint density at radius 3 is 2.42 bits per heavy atom. The highest BCUT2D eigenvalue weighted by atomic mass is 19.4. The van der Waals surface area contributed by atoms with Crippen molar-refractivity contribution >= 4 is 5.97 Å². The van der Waals surface area contributed by atoms with E-state index in [1.54, 1.807) is 4.90 Å². The predicted octanol–water partition coefficient (Wildman–Crippen LogP) is 2.90. The van der Waals surface area contributed by atoms with E-state index in [1.807, 2.05) is 0 Å². The minimum atomic E-state index is -4.68. The molecule has 6 heteroatoms. The summed E-state index contributed by atoms with van der Waals surface area (Å²) in [6.07, 6.45) is -0.949. The van der Waals surface area contributed by atoms with Crippen molar-refractivity contribution in [2.45, 2.75) is 51.2 Å². The summed E-state index contributed by atoms with van der Waals surface area (Å²) in [6, 6.07) is 0.109. The zero-order valence-corrected chi connectivity index (χ0v) is 11.0. The first-order valence-corrected chi connectivity index (χ1v) is 6.82. The first kappa shape index (κ1) is 14.6. The summed E-state index contributed by atoms with van der Waals surface area (Å²) < 4.78 is 39.3. The molecule has 0 amide bonds. The summed E-state index contributed by atoms with van der Waals surface area (Å²) in [4.78, 5) is 12.9. The van der Waals surface area contributed by atoms with Crippen molar-refractivity contribution in [3.05, 3.63) is 0 Å². The summed E-state index contributed by atoms with van der Waals surface area (Å²) in [5.41, 5.74) is -2.57. The highest BCUT2D eigenvalue weighted by Gasteiger charge is 2.64. The third kappa shape index (κ3) is 2.47. The van der Waals surface area contributed by atoms with Crippen LogP contribution in [0.15, 0.2) is 0 Å². The first-order valence-electron chi connectivity index (χ1n) is 6.82. The average molecular weight is 279 g/mol. The number of alkyl halides is 3. The summed E-state index contributed by atoms with van der Waals surface area (Å²) in [7, 11) is 0. The largest absolute Gasteiger partial charge is 0.481 e. The van der Waals surface area contributed by atoms with E-state index in [0.29, 0.717) is 5.92 Å². The predicted molar refractivity (Wildman–Crippen MR) is 63.7 cm³/mol. The van der Waals surface area contributed by atoms with Crippen LogP contribution in [0.4, 0.5) is 13.2 Å². The van der Waals surface area contributed by atoms with Crippen LogP contribution in [0.1, 0.15) is 39.0 Å². The Morgan fingerprint density at radius 1 is 1.32 bits per heavy atom. The van der Waals surface area contributed by atoms with Crippen molar-refractivity contribution in [1.29, 1.82) is 0 Å². The molecular weight excluding hydrogens is 259 g/mol. The van der Waals surface area contributed by atoms with Crippen LogP contribution in [0.3, 0.4) is 0 Å². The van der Waals surface area contributed by atoms with Crippen LogP contribution in [0, 0.1) is 11.3 Å². The van der Waals surface area contributed by atoms with Crippen molar-refractivity contribution < 1.29 is 23.1 Å². The normalized spacial score (nSPS) is 37.5. The maximum Gasteiger partial charge on any atom is 0.406 e. The second-order valence-electron chi connectivity index (χ2n) is 5.93. The molecule has 3 nitrogen and oxygen atoms in total. The number of nitrogens with zero attached hydrogens (tertiary/aromatic N) is 1. The molecule has 2 aliphatic rings. The summed E-state index contributed by atoms with van der Waals surface area (Å²) in [6.45, 7) is 1.90. The van der Waals surface area contributed by atoms with Crippen LogP contribution >= 0.6 is 0 Å². The minimum absolute atomic E-state index is 0.109. The first-order chi connectivity index (χ1) is 8.78. The molecule has 19 heavy (non-hydrogen) atoms. The molecule has 1 aliphatic heterocycles. The molecule has 3 atom stereocenters. The van der Waals surface area contributed by atoms with Crippen molar-refractivity contribution in [2.24, 2.45) is 11.3 Å². The lowest BCUT2D eigenvalue weighted by molar-refractivity contribution is -0.228. The van der Waals surface area contributed by atoms with E-state index >= 15 is 0 Å². The monoisotopic (exact) mass is 279 g/mol. The fraction of sp³-hybridized carbons (Fsp3) is 0.923. The van der Waals surface area contributed by atoms with Gasteiger partial charge in [0.1, 0.15) is 0 Å². The van der Waals surface area contributed by atoms with Gasteiger partial charge in [0.15, 0.2) is 5.41 Å². The number of halogens is 3. The van der Waals surface area contributed by atoms with Crippen LogP contribution in [0.25, 0.3) is 0 Å². The highest BCUT2D eigenvalue weighted by Crippen LogP contribution is 2.47. The Balaban J connectivity index is 2.15. The molecule has 2 fully saturated rings. The van der Waals surface area contributed by atoms with Crippen molar-refractivity contribution in [3.8, 4) is 0 Å². The Kier molecular flexibility index (Phi) is 3.82. The Morgan fingerprint density at radius 2 is 1.95 bits per heavy atom. The molecule has 0 bridgehead atoms. The fourth-order valence-corrected chi connectivity index (χ4v) is 3.49. The second-order valence-corrected chi connectivity index (χ2v) is 5.93. The van der Waals surface area contributed by atoms with Gasteiger partial charge in [-0.2, -0.15) is 13.2 Å². The van der Waals surface area contributed by atoms with E-state index in [1.165, 1.54) is 0 Å². The second kappa shape index (κ2) is 4.96. The fourth-order valence-electron chi connectivity index (χ4n) is 3.49. The number of aliphatic carboxylic acids is 1. The standard InChI is InChI=1S/C13H20F3NO2/c1-9-4-2-3-5-10(9)17-7-6-12(8-17,11(18)19)13(14,15)16/h9-10H,2-8H2,1H3,(H,18,19). The molecular formula is C13H20F3NO2. The number of hydrogen-bond acceptors (Lipinski definition) is 2. The van der Waals surface area contributed by atoms with Gasteiger partial charge in [-0.1, -0.05) is 19.8 Å². The molecule has 0 aromatic heterocycles. The molecule has 1 saturated carbocycles. The number of likely N-dealkylation sites (tertiary alicyclic amines) is 1. The number of rotatable bonds is 2. The van der Waals surface area contributed by atoms with Gasteiger partial charge >= 0.3 is 12.1 Å². The number of carboxylic acid groups (broad SMARTS) is 1. The molecule has 1 N–H and O–H groups in total. The zero-order chi connectivity index (χ0) is 14.3. The summed E-state index contributed by atoms with van der Waals surface area (Å²) in [5, 5.41) is 9.03. The third-order valence-electron chi connectivity index (χ3n) is 4.79. The molecule has 110 valence electrons. The summed E-state index contributed by atoms with van der Waals surface area (Å²) in [5.74, 6) is -1.38. The maximum absolute atomic E-state index is 13.1. The van der Waals surface area contributed by atoms with Crippen LogP contribution in [0.2, 0.25) is 0 Å². The topological polar surface area (TPSA) is 40.5 Å². The van der Waals surface area contributed by atoms with Crippen molar-refractivity contribution in [3.63, 3.8) is 0 Å². The maximum atomic E-state index is 13.1. The highest BCUT2D eigenvalue weighted by molar-refractivity contribution is 5.76. The van der Waals surface area contributed by atoms with Gasteiger partial charge in [-0.15, -0.1) is 0 Å². The molecule has 0 aromatic carbocycles. The molecule has 1 aliphatic carbocycles. The minimum Gasteiger partial charge on any atom is -0.481 e. The van der Waals surface area contributed by atoms with E-state index in [2.05, 4.69) is 6.92 Å². The number of carboxylic acids is 1. The SMILES string of the molecule is CC1CCCCC1N1CCC(C(=O)O)(C(F)(F)F)C1. The summed E-state index contributed by atoms with van der Waals surface area (Å²) >= 11 is 0. The number of carbonyl (C=O) groups is 1. The van der Waals surface area contributed by atoms with Crippen LogP contribution in [-0.2, 0) is 4.79 Å². The van der Waals surface area contributed by atoms with Gasteiger partial charge in [0.2, 0.25) is 0 Å². The van der Waals surface area contributed by atoms with Crippen molar-refractivity contribution in [1.82, 2.24) is 4.90 Å². The number of hydrogen-bond donors (Lipinski definition) is 1. The Bertz CT molecular complexity index is 358. The Labute approximate surface area is 110 Å². The van der Waals surface area contributed by atoms with Gasteiger partial charge in [-0.05, 0) is 31.7 Å². The lowest BCUT2D eigenvalue weighted by Crippen LogP contribution is -2.49. The van der Waals surface area contributed by atoms with Crippen molar-refractivity contribution in [2.75, 3.05) is 13.1 Å². The smallest absolute Gasteiger partial charge is 0.406 e. The van der Waals surface area contributed by atoms with Crippen LogP contribution in [0.5, 0.6) is 0 Å². The van der Waals surface area contributed by atoms with Gasteiger partial charge < -0.3 is 5.11 Å². The molecule has 0 spiro atoms. The van der Waals surface area contributed by atoms with E-state index in [0.717, 1.165) is 25.7 Å². The molecule has 3 unspecified atom stereocenters. The van der Waals surface area contributed by atoms with Crippen LogP contribution < -0.4 is 0 Å². The zero-order valence-electron chi connectivity index (χ0n) is 11.0. The van der Waals surface area contributed by atoms with Gasteiger partial charge in [0.25, 0.3) is 0 Å². The lowest BCUT2D eigenvalue weighted by Gasteiger charge is -2.37. The average Bonchev–Trinajstić information content (AvgIpc) is 2.75. The van der Waals surface area contributed by atoms with E-state index < -0.39 is 17.6 Å². The van der Waals surface area contributed by atoms with Gasteiger partial charge in [-0.25, -0.2) is 0 Å². The van der Waals surface area contributed by atoms with Gasteiger partial charge in [0, 0.05) is 12.6 Å². The molecule has 1 heterocycles. The third-order valence-corrected chi connectivity index (χ3v) is 4.79. The van der Waals surface area contributed by atoms with Crippen LogP contribution in [-0.4, -0.2) is 41.3 Å². The molecule has 0 aromatic rings. The molecule has 2 rings (SSSR count). The van der Waals surface area contributed by atoms with Gasteiger partial charge in [0.05, 0.1) is 0 Å². The molecule has 1 saturated heterocycles. The van der Waals surface area contributed by atoms with E-state index in [4.69, 9.17) is 5.11 Å².